The van der Waals surface area contributed by atoms with Gasteiger partial charge in [0.25, 0.3) is 0 Å². The topological polar surface area (TPSA) is 66.8 Å². The van der Waals surface area contributed by atoms with Crippen molar-refractivity contribution in [2.24, 2.45) is 0 Å². The first-order valence-corrected chi connectivity index (χ1v) is 3.99. The third-order valence-corrected chi connectivity index (χ3v) is 1.87. The maximum atomic E-state index is 12.5. The Labute approximate surface area is 87.9 Å². The lowest BCUT2D eigenvalue weighted by Crippen LogP contribution is -2.13. The molecular formula is C9H7F3O4. The summed E-state index contributed by atoms with van der Waals surface area (Å²) in [6.45, 7) is 0. The van der Waals surface area contributed by atoms with Crippen LogP contribution in [-0.4, -0.2) is 23.3 Å². The first-order chi connectivity index (χ1) is 7.29. The Bertz CT molecular complexity index is 425. The lowest BCUT2D eigenvalue weighted by molar-refractivity contribution is -0.139. The van der Waals surface area contributed by atoms with Crippen molar-refractivity contribution in [1.29, 1.82) is 0 Å². The first kappa shape index (κ1) is 12.2. The summed E-state index contributed by atoms with van der Waals surface area (Å²) in [5.74, 6) is -3.43. The first-order valence-electron chi connectivity index (χ1n) is 3.99. The molecule has 0 heterocycles. The van der Waals surface area contributed by atoms with Crippen molar-refractivity contribution in [1.82, 2.24) is 0 Å². The molecule has 0 bridgehead atoms. The molecule has 0 unspecified atom stereocenters. The van der Waals surface area contributed by atoms with E-state index in [2.05, 4.69) is 4.74 Å². The molecule has 16 heavy (non-hydrogen) atoms. The van der Waals surface area contributed by atoms with Crippen molar-refractivity contribution < 1.29 is 32.9 Å². The molecule has 0 aliphatic rings. The molecule has 0 spiro atoms. The Morgan fingerprint density at radius 1 is 1.38 bits per heavy atom. The number of carboxylic acid groups (broad SMARTS) is 1. The van der Waals surface area contributed by atoms with Gasteiger partial charge in [0.1, 0.15) is 5.56 Å². The van der Waals surface area contributed by atoms with Crippen molar-refractivity contribution in [3.63, 3.8) is 0 Å². The van der Waals surface area contributed by atoms with Crippen molar-refractivity contribution in [3.05, 3.63) is 23.3 Å². The number of aromatic hydroxyl groups is 1. The highest BCUT2D eigenvalue weighted by Crippen LogP contribution is 2.42. The average molecular weight is 236 g/mol. The van der Waals surface area contributed by atoms with Gasteiger partial charge in [-0.3, -0.25) is 0 Å². The van der Waals surface area contributed by atoms with E-state index in [1.165, 1.54) is 0 Å². The SMILES string of the molecule is COc1ccc(C(=O)O)c(C(F)(F)F)c1O. The van der Waals surface area contributed by atoms with Crippen LogP contribution in [0.5, 0.6) is 11.5 Å². The quantitative estimate of drug-likeness (QED) is 0.825. The van der Waals surface area contributed by atoms with E-state index in [1.807, 2.05) is 0 Å². The minimum atomic E-state index is -4.97. The van der Waals surface area contributed by atoms with Crippen LogP contribution in [0.2, 0.25) is 0 Å². The van der Waals surface area contributed by atoms with E-state index in [0.29, 0.717) is 0 Å². The van der Waals surface area contributed by atoms with Crippen LogP contribution in [0.25, 0.3) is 0 Å². The van der Waals surface area contributed by atoms with E-state index in [9.17, 15) is 23.1 Å². The van der Waals surface area contributed by atoms with Gasteiger partial charge in [-0.15, -0.1) is 0 Å². The Hall–Kier alpha value is -1.92. The van der Waals surface area contributed by atoms with Crippen molar-refractivity contribution in [2.75, 3.05) is 7.11 Å². The predicted molar refractivity (Wildman–Crippen MR) is 46.6 cm³/mol. The fourth-order valence-corrected chi connectivity index (χ4v) is 1.20. The number of carbonyl (C=O) groups is 1. The van der Waals surface area contributed by atoms with Gasteiger partial charge in [-0.1, -0.05) is 0 Å². The zero-order chi connectivity index (χ0) is 12.5. The lowest BCUT2D eigenvalue weighted by atomic mass is 10.1. The second-order valence-corrected chi connectivity index (χ2v) is 2.84. The van der Waals surface area contributed by atoms with E-state index in [1.54, 1.807) is 0 Å². The van der Waals surface area contributed by atoms with E-state index in [4.69, 9.17) is 5.11 Å². The van der Waals surface area contributed by atoms with Crippen LogP contribution in [0.3, 0.4) is 0 Å². The van der Waals surface area contributed by atoms with E-state index >= 15 is 0 Å². The summed E-state index contributed by atoms with van der Waals surface area (Å²) in [7, 11) is 1.07. The van der Waals surface area contributed by atoms with Crippen LogP contribution in [0.4, 0.5) is 13.2 Å². The molecule has 0 atom stereocenters. The molecule has 7 heteroatoms. The number of rotatable bonds is 2. The molecule has 0 amide bonds. The number of methoxy groups -OCH3 is 1. The van der Waals surface area contributed by atoms with Crippen LogP contribution in [-0.2, 0) is 6.18 Å². The van der Waals surface area contributed by atoms with Gasteiger partial charge in [0.2, 0.25) is 0 Å². The standard InChI is InChI=1S/C9H7F3O4/c1-16-5-3-2-4(8(14)15)6(7(5)13)9(10,11)12/h2-3,13H,1H3,(H,14,15). The zero-order valence-electron chi connectivity index (χ0n) is 8.00. The Morgan fingerprint density at radius 2 is 1.94 bits per heavy atom. The third kappa shape index (κ3) is 2.02. The van der Waals surface area contributed by atoms with Gasteiger partial charge in [-0.2, -0.15) is 13.2 Å². The lowest BCUT2D eigenvalue weighted by Gasteiger charge is -2.14. The molecular weight excluding hydrogens is 229 g/mol. The maximum Gasteiger partial charge on any atom is 0.420 e. The normalized spacial score (nSPS) is 11.2. The maximum absolute atomic E-state index is 12.5. The Kier molecular flexibility index (Phi) is 2.97. The van der Waals surface area contributed by atoms with Crippen LogP contribution in [0.1, 0.15) is 15.9 Å². The molecule has 0 aromatic heterocycles. The number of carboxylic acids is 1. The molecule has 2 N–H and O–H groups in total. The van der Waals surface area contributed by atoms with Crippen molar-refractivity contribution in [2.45, 2.75) is 6.18 Å². The highest BCUT2D eigenvalue weighted by molar-refractivity contribution is 5.91. The third-order valence-electron chi connectivity index (χ3n) is 1.87. The number of halogens is 3. The zero-order valence-corrected chi connectivity index (χ0v) is 8.00. The van der Waals surface area contributed by atoms with E-state index in [-0.39, 0.29) is 0 Å². The van der Waals surface area contributed by atoms with Gasteiger partial charge >= 0.3 is 12.1 Å². The van der Waals surface area contributed by atoms with Crippen LogP contribution in [0, 0.1) is 0 Å². The van der Waals surface area contributed by atoms with Gasteiger partial charge in [0.05, 0.1) is 12.7 Å². The number of ether oxygens (including phenoxy) is 1. The largest absolute Gasteiger partial charge is 0.504 e. The molecule has 4 nitrogen and oxygen atoms in total. The van der Waals surface area contributed by atoms with Gasteiger partial charge in [0.15, 0.2) is 11.5 Å². The van der Waals surface area contributed by atoms with Gasteiger partial charge < -0.3 is 14.9 Å². The monoisotopic (exact) mass is 236 g/mol. The summed E-state index contributed by atoms with van der Waals surface area (Å²) < 4.78 is 42.0. The number of hydrogen-bond donors (Lipinski definition) is 2. The van der Waals surface area contributed by atoms with Crippen molar-refractivity contribution >= 4 is 5.97 Å². The minimum absolute atomic E-state index is 0.433. The summed E-state index contributed by atoms with van der Waals surface area (Å²) in [5.41, 5.74) is -2.63. The molecule has 0 aliphatic heterocycles. The van der Waals surface area contributed by atoms with Gasteiger partial charge in [-0.25, -0.2) is 4.79 Å². The summed E-state index contributed by atoms with van der Waals surface area (Å²) in [6.07, 6.45) is -4.97. The summed E-state index contributed by atoms with van der Waals surface area (Å²) in [4.78, 5) is 10.6. The highest BCUT2D eigenvalue weighted by atomic mass is 19.4. The number of alkyl halides is 3. The number of phenolic OH excluding ortho intramolecular Hbond substituents is 1. The second-order valence-electron chi connectivity index (χ2n) is 2.84. The summed E-state index contributed by atoms with van der Waals surface area (Å²) in [6, 6.07) is 1.68. The average Bonchev–Trinajstić information content (AvgIpc) is 2.14. The van der Waals surface area contributed by atoms with Crippen molar-refractivity contribution in [3.8, 4) is 11.5 Å². The number of phenols is 1. The molecule has 1 aromatic rings. The molecule has 88 valence electrons. The Balaban J connectivity index is 3.56. The van der Waals surface area contributed by atoms with Gasteiger partial charge in [0, 0.05) is 0 Å². The fourth-order valence-electron chi connectivity index (χ4n) is 1.20. The molecule has 0 saturated carbocycles. The second kappa shape index (κ2) is 3.92. The number of hydrogen-bond acceptors (Lipinski definition) is 3. The summed E-state index contributed by atoms with van der Waals surface area (Å²) >= 11 is 0. The summed E-state index contributed by atoms with van der Waals surface area (Å²) in [5, 5.41) is 17.8. The smallest absolute Gasteiger partial charge is 0.420 e. The van der Waals surface area contributed by atoms with Crippen LogP contribution < -0.4 is 4.74 Å². The molecule has 0 radical (unpaired) electrons. The molecule has 0 aliphatic carbocycles. The molecule has 0 saturated heterocycles. The predicted octanol–water partition coefficient (Wildman–Crippen LogP) is 2.12. The number of benzene rings is 1. The minimum Gasteiger partial charge on any atom is -0.504 e. The van der Waals surface area contributed by atoms with E-state index < -0.39 is 34.8 Å². The molecule has 1 aromatic carbocycles. The van der Waals surface area contributed by atoms with Gasteiger partial charge in [-0.05, 0) is 12.1 Å². The van der Waals surface area contributed by atoms with E-state index in [0.717, 1.165) is 19.2 Å². The fraction of sp³-hybridized carbons (Fsp3) is 0.222. The molecule has 1 rings (SSSR count). The highest BCUT2D eigenvalue weighted by Gasteiger charge is 2.39. The Morgan fingerprint density at radius 3 is 2.31 bits per heavy atom. The van der Waals surface area contributed by atoms with Crippen LogP contribution >= 0.6 is 0 Å². The number of aromatic carboxylic acids is 1. The molecule has 0 fully saturated rings. The van der Waals surface area contributed by atoms with Crippen LogP contribution in [0.15, 0.2) is 12.1 Å².